The Morgan fingerprint density at radius 3 is 3.00 bits per heavy atom. The number of ether oxygens (including phenoxy) is 2. The average molecular weight is 303 g/mol. The molecule has 0 spiro atoms. The zero-order valence-corrected chi connectivity index (χ0v) is 12.3. The molecule has 1 unspecified atom stereocenters. The van der Waals surface area contributed by atoms with Gasteiger partial charge in [0.2, 0.25) is 5.76 Å². The van der Waals surface area contributed by atoms with Crippen molar-refractivity contribution in [1.29, 1.82) is 0 Å². The molecule has 1 atom stereocenters. The van der Waals surface area contributed by atoms with Gasteiger partial charge in [-0.15, -0.1) is 0 Å². The standard InChI is InChI=1S/C15H17N3O4/c1-20-14-8-13(22-17-14)15(19)18-7-4-12(9-18)21-10-11-2-5-16-6-3-11/h2-3,5-6,8,12H,4,7,9-10H2,1H3. The maximum Gasteiger partial charge on any atom is 0.292 e. The van der Waals surface area contributed by atoms with Gasteiger partial charge in [0.05, 0.1) is 25.9 Å². The van der Waals surface area contributed by atoms with Gasteiger partial charge in [-0.1, -0.05) is 0 Å². The van der Waals surface area contributed by atoms with Crippen LogP contribution in [0.25, 0.3) is 0 Å². The molecule has 0 saturated carbocycles. The van der Waals surface area contributed by atoms with Crippen LogP contribution in [0.4, 0.5) is 0 Å². The Balaban J connectivity index is 1.52. The topological polar surface area (TPSA) is 77.7 Å². The van der Waals surface area contributed by atoms with E-state index in [-0.39, 0.29) is 17.8 Å². The summed E-state index contributed by atoms with van der Waals surface area (Å²) in [6, 6.07) is 5.32. The summed E-state index contributed by atoms with van der Waals surface area (Å²) in [6.45, 7) is 1.71. The Morgan fingerprint density at radius 2 is 2.27 bits per heavy atom. The minimum absolute atomic E-state index is 0.0296. The smallest absolute Gasteiger partial charge is 0.292 e. The van der Waals surface area contributed by atoms with Gasteiger partial charge in [-0.3, -0.25) is 9.78 Å². The van der Waals surface area contributed by atoms with Crippen molar-refractivity contribution in [2.45, 2.75) is 19.1 Å². The molecule has 0 aromatic carbocycles. The molecule has 1 aliphatic heterocycles. The van der Waals surface area contributed by atoms with Crippen LogP contribution in [0.5, 0.6) is 5.88 Å². The molecule has 7 nitrogen and oxygen atoms in total. The largest absolute Gasteiger partial charge is 0.479 e. The Labute approximate surface area is 127 Å². The highest BCUT2D eigenvalue weighted by Gasteiger charge is 2.29. The molecule has 0 N–H and O–H groups in total. The van der Waals surface area contributed by atoms with Gasteiger partial charge in [-0.25, -0.2) is 0 Å². The summed E-state index contributed by atoms with van der Waals surface area (Å²) in [5.74, 6) is 0.297. The lowest BCUT2D eigenvalue weighted by atomic mass is 10.3. The number of methoxy groups -OCH3 is 1. The van der Waals surface area contributed by atoms with Gasteiger partial charge in [0, 0.05) is 25.5 Å². The Bertz CT molecular complexity index is 629. The van der Waals surface area contributed by atoms with Crippen LogP contribution in [0.15, 0.2) is 35.1 Å². The Morgan fingerprint density at radius 1 is 1.45 bits per heavy atom. The predicted octanol–water partition coefficient (Wildman–Crippen LogP) is 1.51. The first-order valence-electron chi connectivity index (χ1n) is 7.07. The summed E-state index contributed by atoms with van der Waals surface area (Å²) in [5, 5.41) is 3.64. The van der Waals surface area contributed by atoms with E-state index in [4.69, 9.17) is 14.0 Å². The van der Waals surface area contributed by atoms with Crippen molar-refractivity contribution in [3.8, 4) is 5.88 Å². The van der Waals surface area contributed by atoms with E-state index in [1.807, 2.05) is 12.1 Å². The van der Waals surface area contributed by atoms with Crippen LogP contribution in [-0.4, -0.2) is 47.3 Å². The summed E-state index contributed by atoms with van der Waals surface area (Å²) < 4.78 is 15.7. The van der Waals surface area contributed by atoms with Crippen molar-refractivity contribution in [3.05, 3.63) is 41.9 Å². The van der Waals surface area contributed by atoms with E-state index in [0.717, 1.165) is 12.0 Å². The van der Waals surface area contributed by atoms with Gasteiger partial charge in [0.25, 0.3) is 11.8 Å². The average Bonchev–Trinajstić information content (AvgIpc) is 3.22. The van der Waals surface area contributed by atoms with Crippen LogP contribution >= 0.6 is 0 Å². The molecule has 1 saturated heterocycles. The van der Waals surface area contributed by atoms with E-state index in [1.54, 1.807) is 17.3 Å². The lowest BCUT2D eigenvalue weighted by Gasteiger charge is -2.15. The molecule has 1 amide bonds. The highest BCUT2D eigenvalue weighted by atomic mass is 16.5. The number of amides is 1. The summed E-state index contributed by atoms with van der Waals surface area (Å²) >= 11 is 0. The van der Waals surface area contributed by atoms with E-state index in [9.17, 15) is 4.79 Å². The van der Waals surface area contributed by atoms with Gasteiger partial charge < -0.3 is 18.9 Å². The summed E-state index contributed by atoms with van der Waals surface area (Å²) in [7, 11) is 1.48. The molecular formula is C15H17N3O4. The Hall–Kier alpha value is -2.41. The molecular weight excluding hydrogens is 286 g/mol. The third-order valence-corrected chi connectivity index (χ3v) is 3.58. The number of carbonyl (C=O) groups is 1. The van der Waals surface area contributed by atoms with E-state index in [0.29, 0.717) is 25.6 Å². The van der Waals surface area contributed by atoms with E-state index in [2.05, 4.69) is 10.1 Å². The molecule has 0 radical (unpaired) electrons. The maximum absolute atomic E-state index is 12.3. The molecule has 2 aromatic rings. The fourth-order valence-corrected chi connectivity index (χ4v) is 2.35. The molecule has 7 heteroatoms. The monoisotopic (exact) mass is 303 g/mol. The van der Waals surface area contributed by atoms with Gasteiger partial charge >= 0.3 is 0 Å². The molecule has 2 aromatic heterocycles. The van der Waals surface area contributed by atoms with Crippen LogP contribution in [0.3, 0.4) is 0 Å². The summed E-state index contributed by atoms with van der Waals surface area (Å²) in [5.41, 5.74) is 1.07. The van der Waals surface area contributed by atoms with Crippen molar-refractivity contribution in [1.82, 2.24) is 15.0 Å². The second-order valence-corrected chi connectivity index (χ2v) is 5.06. The van der Waals surface area contributed by atoms with Crippen LogP contribution in [-0.2, 0) is 11.3 Å². The zero-order valence-electron chi connectivity index (χ0n) is 12.3. The number of nitrogens with zero attached hydrogens (tertiary/aromatic N) is 3. The minimum atomic E-state index is -0.189. The molecule has 0 aliphatic carbocycles. The highest BCUT2D eigenvalue weighted by molar-refractivity contribution is 5.91. The third kappa shape index (κ3) is 3.25. The zero-order chi connectivity index (χ0) is 15.4. The molecule has 1 aliphatic rings. The number of rotatable bonds is 5. The highest BCUT2D eigenvalue weighted by Crippen LogP contribution is 2.19. The van der Waals surface area contributed by atoms with E-state index in [1.165, 1.54) is 13.2 Å². The van der Waals surface area contributed by atoms with Crippen molar-refractivity contribution < 1.29 is 18.8 Å². The first-order valence-corrected chi connectivity index (χ1v) is 7.07. The molecule has 22 heavy (non-hydrogen) atoms. The quantitative estimate of drug-likeness (QED) is 0.833. The van der Waals surface area contributed by atoms with Crippen molar-refractivity contribution >= 4 is 5.91 Å². The predicted molar refractivity (Wildman–Crippen MR) is 76.4 cm³/mol. The molecule has 1 fully saturated rings. The number of pyridine rings is 1. The molecule has 116 valence electrons. The lowest BCUT2D eigenvalue weighted by Crippen LogP contribution is -2.29. The minimum Gasteiger partial charge on any atom is -0.479 e. The first kappa shape index (κ1) is 14.5. The van der Waals surface area contributed by atoms with Gasteiger partial charge in [0.1, 0.15) is 0 Å². The second kappa shape index (κ2) is 6.57. The molecule has 3 heterocycles. The fraction of sp³-hybridized carbons (Fsp3) is 0.400. The van der Waals surface area contributed by atoms with Crippen LogP contribution in [0, 0.1) is 0 Å². The summed E-state index contributed by atoms with van der Waals surface area (Å²) in [4.78, 5) is 17.9. The number of hydrogen-bond donors (Lipinski definition) is 0. The van der Waals surface area contributed by atoms with Crippen LogP contribution < -0.4 is 4.74 Å². The van der Waals surface area contributed by atoms with E-state index < -0.39 is 0 Å². The van der Waals surface area contributed by atoms with Crippen molar-refractivity contribution in [3.63, 3.8) is 0 Å². The lowest BCUT2D eigenvalue weighted by molar-refractivity contribution is 0.0428. The number of likely N-dealkylation sites (tertiary alicyclic amines) is 1. The number of hydrogen-bond acceptors (Lipinski definition) is 6. The third-order valence-electron chi connectivity index (χ3n) is 3.58. The van der Waals surface area contributed by atoms with Gasteiger partial charge in [-0.05, 0) is 29.3 Å². The molecule has 3 rings (SSSR count). The normalized spacial score (nSPS) is 17.7. The Kier molecular flexibility index (Phi) is 4.34. The van der Waals surface area contributed by atoms with Gasteiger partial charge in [-0.2, -0.15) is 0 Å². The maximum atomic E-state index is 12.3. The molecule has 0 bridgehead atoms. The van der Waals surface area contributed by atoms with E-state index >= 15 is 0 Å². The summed E-state index contributed by atoms with van der Waals surface area (Å²) in [6.07, 6.45) is 4.31. The number of carbonyl (C=O) groups excluding carboxylic acids is 1. The van der Waals surface area contributed by atoms with Crippen LogP contribution in [0.2, 0.25) is 0 Å². The van der Waals surface area contributed by atoms with Crippen molar-refractivity contribution in [2.75, 3.05) is 20.2 Å². The second-order valence-electron chi connectivity index (χ2n) is 5.06. The SMILES string of the molecule is COc1cc(C(=O)N2CCC(OCc3ccncc3)C2)on1. The number of aromatic nitrogens is 2. The van der Waals surface area contributed by atoms with Gasteiger partial charge in [0.15, 0.2) is 0 Å². The first-order chi connectivity index (χ1) is 10.8. The fourth-order valence-electron chi connectivity index (χ4n) is 2.35. The van der Waals surface area contributed by atoms with Crippen molar-refractivity contribution in [2.24, 2.45) is 0 Å². The van der Waals surface area contributed by atoms with Crippen LogP contribution in [0.1, 0.15) is 22.5 Å².